The maximum Gasteiger partial charge on any atom is 0.257 e. The summed E-state index contributed by atoms with van der Waals surface area (Å²) in [6, 6.07) is 37.8. The van der Waals surface area contributed by atoms with Crippen molar-refractivity contribution in [2.24, 2.45) is 0 Å². The fourth-order valence-electron chi connectivity index (χ4n) is 4.50. The fraction of sp³-hybridized carbons (Fsp3) is 0.267. The zero-order valence-corrected chi connectivity index (χ0v) is 37.0. The third-order valence-corrected chi connectivity index (χ3v) is 8.67. The van der Waals surface area contributed by atoms with Crippen LogP contribution in [0.3, 0.4) is 0 Å². The second-order valence-corrected chi connectivity index (χ2v) is 15.1. The van der Waals surface area contributed by atoms with Gasteiger partial charge in [0.25, 0.3) is 5.91 Å². The molecule has 0 bridgehead atoms. The molecule has 0 atom stereocenters. The smallest absolute Gasteiger partial charge is 0.257 e. The molecule has 0 saturated carbocycles. The van der Waals surface area contributed by atoms with Crippen LogP contribution < -0.4 is 14.2 Å². The first-order chi connectivity index (χ1) is 26.8. The van der Waals surface area contributed by atoms with E-state index in [0.717, 1.165) is 51.7 Å². The zero-order valence-electron chi connectivity index (χ0n) is 33.5. The van der Waals surface area contributed by atoms with Crippen molar-refractivity contribution in [1.82, 2.24) is 9.80 Å². The number of hydrogen-bond acceptors (Lipinski definition) is 10. The molecule has 0 N–H and O–H groups in total. The van der Waals surface area contributed by atoms with Gasteiger partial charge in [0.05, 0.1) is 11.3 Å². The van der Waals surface area contributed by atoms with E-state index in [1.807, 2.05) is 143 Å². The molecule has 1 amide bonds. The number of thioether (sulfide) groups is 1. The van der Waals surface area contributed by atoms with Gasteiger partial charge in [0, 0.05) is 54.1 Å². The van der Waals surface area contributed by atoms with Gasteiger partial charge in [-0.25, -0.2) is 0 Å². The fourth-order valence-corrected chi connectivity index (χ4v) is 5.35. The van der Waals surface area contributed by atoms with E-state index in [9.17, 15) is 4.79 Å². The molecule has 0 aliphatic heterocycles. The molecule has 0 aliphatic carbocycles. The topological polar surface area (TPSA) is 60.5 Å². The van der Waals surface area contributed by atoms with E-state index in [1.165, 1.54) is 22.6 Å². The number of hydrogen-bond donors (Lipinski definition) is 3. The minimum absolute atomic E-state index is 0.0820. The Morgan fingerprint density at radius 2 is 1.14 bits per heavy atom. The highest BCUT2D eigenvalue weighted by Crippen LogP contribution is 2.28. The molecule has 56 heavy (non-hydrogen) atoms. The van der Waals surface area contributed by atoms with Gasteiger partial charge >= 0.3 is 0 Å². The highest BCUT2D eigenvalue weighted by atomic mass is 32.2. The summed E-state index contributed by atoms with van der Waals surface area (Å²) in [5.41, 5.74) is 1.72. The summed E-state index contributed by atoms with van der Waals surface area (Å²) in [7, 11) is 7.53. The number of carbonyl (C=O) groups excluding carboxylic acids is 1. The number of thiol groups is 3. The Bertz CT molecular complexity index is 1850. The predicted molar refractivity (Wildman–Crippen MR) is 244 cm³/mol. The first kappa shape index (κ1) is 48.2. The van der Waals surface area contributed by atoms with E-state index >= 15 is 0 Å². The average molecular weight is 833 g/mol. The van der Waals surface area contributed by atoms with Crippen LogP contribution in [-0.2, 0) is 11.3 Å². The van der Waals surface area contributed by atoms with Crippen LogP contribution in [0.15, 0.2) is 148 Å². The lowest BCUT2D eigenvalue weighted by atomic mass is 10.2. The van der Waals surface area contributed by atoms with Crippen LogP contribution in [0.2, 0.25) is 0 Å². The minimum Gasteiger partial charge on any atom is -0.463 e. The largest absolute Gasteiger partial charge is 0.463 e. The van der Waals surface area contributed by atoms with Crippen molar-refractivity contribution in [3.8, 4) is 28.7 Å². The van der Waals surface area contributed by atoms with Crippen molar-refractivity contribution in [1.29, 1.82) is 0 Å². The van der Waals surface area contributed by atoms with E-state index in [0.29, 0.717) is 22.8 Å². The number of ether oxygens (including phenoxy) is 4. The quantitative estimate of drug-likeness (QED) is 0.0585. The maximum atomic E-state index is 12.0. The predicted octanol–water partition coefficient (Wildman–Crippen LogP) is 12.0. The summed E-state index contributed by atoms with van der Waals surface area (Å²) >= 11 is 14.5. The lowest BCUT2D eigenvalue weighted by Gasteiger charge is -2.14. The first-order valence-electron chi connectivity index (χ1n) is 18.0. The third kappa shape index (κ3) is 20.3. The molecule has 7 nitrogen and oxygen atoms in total. The Labute approximate surface area is 355 Å². The van der Waals surface area contributed by atoms with Gasteiger partial charge in [-0.2, -0.15) is 11.8 Å². The number of rotatable bonds is 14. The van der Waals surface area contributed by atoms with E-state index in [1.54, 1.807) is 26.2 Å². The highest BCUT2D eigenvalue weighted by molar-refractivity contribution is 7.98. The Kier molecular flexibility index (Phi) is 23.7. The molecule has 0 aliphatic rings. The van der Waals surface area contributed by atoms with Crippen LogP contribution in [-0.4, -0.2) is 69.1 Å². The number of nitrogens with zero attached hydrogens (tertiary/aromatic N) is 2. The van der Waals surface area contributed by atoms with E-state index in [4.69, 9.17) is 18.9 Å². The second-order valence-electron chi connectivity index (χ2n) is 12.6. The van der Waals surface area contributed by atoms with Gasteiger partial charge in [-0.3, -0.25) is 4.79 Å². The van der Waals surface area contributed by atoms with Crippen molar-refractivity contribution >= 4 is 55.6 Å². The normalized spacial score (nSPS) is 10.1. The molecule has 0 radical (unpaired) electrons. The molecule has 0 unspecified atom stereocenters. The average Bonchev–Trinajstić information content (AvgIpc) is 3.17. The molecule has 0 heterocycles. The third-order valence-electron chi connectivity index (χ3n) is 7.08. The Hall–Kier alpha value is -3.97. The summed E-state index contributed by atoms with van der Waals surface area (Å²) < 4.78 is 22.0. The van der Waals surface area contributed by atoms with Crippen molar-refractivity contribution in [3.05, 3.63) is 145 Å². The van der Waals surface area contributed by atoms with Crippen molar-refractivity contribution in [2.75, 3.05) is 53.4 Å². The first-order valence-corrected chi connectivity index (χ1v) is 20.7. The highest BCUT2D eigenvalue weighted by Gasteiger charge is 2.14. The van der Waals surface area contributed by atoms with Crippen LogP contribution in [0.5, 0.6) is 28.7 Å². The lowest BCUT2D eigenvalue weighted by Crippen LogP contribution is -2.22. The molecule has 300 valence electrons. The number of amides is 1. The van der Waals surface area contributed by atoms with Crippen molar-refractivity contribution in [3.63, 3.8) is 0 Å². The Morgan fingerprint density at radius 3 is 1.61 bits per heavy atom. The number of benzene rings is 5. The number of para-hydroxylation sites is 2. The SMILES string of the molecule is C=C(C)Oc1ccc(S)cc1.CCOCCCSC.CN(C)C(=O)c1ccccc1Oc1ccc(S)cc1.CN(C)Cc1ccccc1Oc1ccc(S)cc1. The second kappa shape index (κ2) is 27.6. The molecule has 5 aromatic rings. The van der Waals surface area contributed by atoms with Crippen LogP contribution in [0.25, 0.3) is 0 Å². The van der Waals surface area contributed by atoms with Gasteiger partial charge in [-0.1, -0.05) is 36.9 Å². The molecule has 0 fully saturated rings. The Balaban J connectivity index is 0.000000272. The standard InChI is InChI=1S/C15H15NO2S.C15H17NOS.C9H10OS.C6H14OS/c1-16(2)15(17)13-5-3-4-6-14(13)18-11-7-9-12(19)10-8-11;1-16(2)11-12-5-3-4-6-15(12)17-13-7-9-14(18)10-8-13;1-7(2)10-8-3-5-9(11)6-4-8;1-3-7-5-4-6-8-2/h3-10,19H,1-2H3;3-10,18H,11H2,1-2H3;3-6,11H,1H2,2H3;3-6H2,1-2H3. The van der Waals surface area contributed by atoms with Gasteiger partial charge in [-0.15, -0.1) is 37.9 Å². The van der Waals surface area contributed by atoms with Crippen LogP contribution >= 0.6 is 49.6 Å². The monoisotopic (exact) mass is 832 g/mol. The number of carbonyl (C=O) groups is 1. The summed E-state index contributed by atoms with van der Waals surface area (Å²) in [6.45, 7) is 10.1. The van der Waals surface area contributed by atoms with Gasteiger partial charge in [-0.05, 0) is 137 Å². The van der Waals surface area contributed by atoms with Gasteiger partial charge in [0.15, 0.2) is 0 Å². The maximum absolute atomic E-state index is 12.0. The van der Waals surface area contributed by atoms with Crippen LogP contribution in [0, 0.1) is 0 Å². The van der Waals surface area contributed by atoms with Gasteiger partial charge < -0.3 is 28.7 Å². The Morgan fingerprint density at radius 1 is 0.679 bits per heavy atom. The van der Waals surface area contributed by atoms with E-state index in [2.05, 4.69) is 61.7 Å². The van der Waals surface area contributed by atoms with Gasteiger partial charge in [0.2, 0.25) is 0 Å². The van der Waals surface area contributed by atoms with Crippen LogP contribution in [0.4, 0.5) is 0 Å². The van der Waals surface area contributed by atoms with E-state index in [-0.39, 0.29) is 5.91 Å². The molecule has 0 saturated heterocycles. The summed E-state index contributed by atoms with van der Waals surface area (Å²) in [5.74, 6) is 5.59. The molecule has 0 aromatic heterocycles. The molecular formula is C45H56N2O5S4. The molecule has 0 spiro atoms. The van der Waals surface area contributed by atoms with Gasteiger partial charge in [0.1, 0.15) is 28.7 Å². The summed E-state index contributed by atoms with van der Waals surface area (Å²) in [4.78, 5) is 18.4. The summed E-state index contributed by atoms with van der Waals surface area (Å²) in [5, 5.41) is 0. The van der Waals surface area contributed by atoms with Crippen LogP contribution in [0.1, 0.15) is 36.2 Å². The molecule has 11 heteroatoms. The summed E-state index contributed by atoms with van der Waals surface area (Å²) in [6.07, 6.45) is 3.31. The lowest BCUT2D eigenvalue weighted by molar-refractivity contribution is 0.0825. The van der Waals surface area contributed by atoms with Crippen molar-refractivity contribution in [2.45, 2.75) is 41.5 Å². The molecular weight excluding hydrogens is 777 g/mol. The van der Waals surface area contributed by atoms with Crippen molar-refractivity contribution < 1.29 is 23.7 Å². The number of allylic oxidation sites excluding steroid dienone is 1. The minimum atomic E-state index is -0.0820. The molecule has 5 rings (SSSR count). The van der Waals surface area contributed by atoms with E-state index < -0.39 is 0 Å². The zero-order chi connectivity index (χ0) is 41.3. The molecule has 5 aromatic carbocycles.